The van der Waals surface area contributed by atoms with E-state index in [1.807, 2.05) is 0 Å². The number of carbonyl (C=O) groups is 1. The molecule has 0 saturated heterocycles. The molecular weight excluding hydrogens is 180 g/mol. The predicted molar refractivity (Wildman–Crippen MR) is 51.6 cm³/mol. The number of aliphatic hydroxyl groups is 1. The molecule has 3 heteroatoms. The van der Waals surface area contributed by atoms with Crippen molar-refractivity contribution in [2.24, 2.45) is 0 Å². The average molecular weight is 190 g/mol. The maximum absolute atomic E-state index is 9.99. The van der Waals surface area contributed by atoms with Crippen LogP contribution in [0.2, 0.25) is 0 Å². The van der Waals surface area contributed by atoms with Crippen molar-refractivity contribution in [1.82, 2.24) is 0 Å². The van der Waals surface area contributed by atoms with E-state index in [4.69, 9.17) is 5.11 Å². The molecule has 0 bridgehead atoms. The van der Waals surface area contributed by atoms with Crippen LogP contribution in [0.1, 0.15) is 17.5 Å². The molecule has 0 fully saturated rings. The van der Waals surface area contributed by atoms with Crippen LogP contribution in [-0.4, -0.2) is 16.5 Å². The minimum atomic E-state index is -0.227. The lowest BCUT2D eigenvalue weighted by Gasteiger charge is -2.00. The summed E-state index contributed by atoms with van der Waals surface area (Å²) in [5, 5.41) is 18.1. The fraction of sp³-hybridized carbons (Fsp3) is 0.182. The number of hydrogen-bond acceptors (Lipinski definition) is 3. The van der Waals surface area contributed by atoms with E-state index in [1.54, 1.807) is 12.1 Å². The van der Waals surface area contributed by atoms with E-state index in [0.717, 1.165) is 6.29 Å². The second-order valence-corrected chi connectivity index (χ2v) is 2.67. The molecule has 3 nitrogen and oxygen atoms in total. The molecule has 0 radical (unpaired) electrons. The highest BCUT2D eigenvalue weighted by Crippen LogP contribution is 2.17. The van der Waals surface area contributed by atoms with E-state index in [0.29, 0.717) is 11.1 Å². The van der Waals surface area contributed by atoms with Crippen molar-refractivity contribution in [3.63, 3.8) is 0 Å². The van der Waals surface area contributed by atoms with Crippen LogP contribution in [0.3, 0.4) is 0 Å². The van der Waals surface area contributed by atoms with Gasteiger partial charge in [0.25, 0.3) is 0 Å². The van der Waals surface area contributed by atoms with Gasteiger partial charge in [0.1, 0.15) is 12.0 Å². The van der Waals surface area contributed by atoms with Crippen molar-refractivity contribution < 1.29 is 15.0 Å². The summed E-state index contributed by atoms with van der Waals surface area (Å²) in [5.74, 6) is 5.43. The van der Waals surface area contributed by atoms with Crippen molar-refractivity contribution in [2.45, 2.75) is 13.0 Å². The van der Waals surface area contributed by atoms with Crippen LogP contribution in [0.5, 0.6) is 5.75 Å². The first kappa shape index (κ1) is 10.3. The first-order valence-corrected chi connectivity index (χ1v) is 4.13. The van der Waals surface area contributed by atoms with Crippen molar-refractivity contribution in [3.8, 4) is 17.6 Å². The Kier molecular flexibility index (Phi) is 3.71. The van der Waals surface area contributed by atoms with E-state index in [1.165, 1.54) is 6.07 Å². The summed E-state index contributed by atoms with van der Waals surface area (Å²) < 4.78 is 0. The summed E-state index contributed by atoms with van der Waals surface area (Å²) >= 11 is 0. The maximum Gasteiger partial charge on any atom is 0.131 e. The summed E-state index contributed by atoms with van der Waals surface area (Å²) in [5.41, 5.74) is 1.11. The Bertz CT molecular complexity index is 385. The number of aldehydes is 1. The summed E-state index contributed by atoms with van der Waals surface area (Å²) in [4.78, 5) is 9.99. The summed E-state index contributed by atoms with van der Waals surface area (Å²) in [6, 6.07) is 4.69. The fourth-order valence-corrected chi connectivity index (χ4v) is 0.985. The fourth-order valence-electron chi connectivity index (χ4n) is 0.985. The first-order chi connectivity index (χ1) is 6.77. The molecule has 0 aliphatic heterocycles. The molecule has 1 rings (SSSR count). The zero-order chi connectivity index (χ0) is 10.4. The number of hydrogen-bond donors (Lipinski definition) is 2. The van der Waals surface area contributed by atoms with Crippen LogP contribution in [0.4, 0.5) is 0 Å². The first-order valence-electron chi connectivity index (χ1n) is 4.13. The van der Waals surface area contributed by atoms with Gasteiger partial charge in [-0.25, -0.2) is 0 Å². The number of carbonyl (C=O) groups excluding carboxylic acids is 1. The second-order valence-electron chi connectivity index (χ2n) is 2.67. The van der Waals surface area contributed by atoms with Gasteiger partial charge in [0.2, 0.25) is 0 Å². The standard InChI is InChI=1S/C11H10O3/c12-6-2-1-3-9-4-5-11(14)10(7-9)8-13/h4-7,13-14H,2,8H2. The van der Waals surface area contributed by atoms with Gasteiger partial charge in [0, 0.05) is 11.1 Å². The highest BCUT2D eigenvalue weighted by molar-refractivity contribution is 5.55. The molecule has 0 amide bonds. The molecule has 0 unspecified atom stereocenters. The Balaban J connectivity index is 2.91. The largest absolute Gasteiger partial charge is 0.508 e. The van der Waals surface area contributed by atoms with E-state index >= 15 is 0 Å². The zero-order valence-corrected chi connectivity index (χ0v) is 7.53. The Morgan fingerprint density at radius 2 is 2.21 bits per heavy atom. The molecule has 14 heavy (non-hydrogen) atoms. The lowest BCUT2D eigenvalue weighted by molar-refractivity contribution is -0.107. The smallest absolute Gasteiger partial charge is 0.131 e. The predicted octanol–water partition coefficient (Wildman–Crippen LogP) is 0.825. The quantitative estimate of drug-likeness (QED) is 0.536. The van der Waals surface area contributed by atoms with Crippen LogP contribution >= 0.6 is 0 Å². The summed E-state index contributed by atoms with van der Waals surface area (Å²) in [6.07, 6.45) is 0.912. The molecule has 1 aromatic rings. The molecule has 0 heterocycles. The summed E-state index contributed by atoms with van der Waals surface area (Å²) in [7, 11) is 0. The van der Waals surface area contributed by atoms with Crippen molar-refractivity contribution in [2.75, 3.05) is 0 Å². The van der Waals surface area contributed by atoms with Crippen LogP contribution in [0, 0.1) is 11.8 Å². The molecular formula is C11H10O3. The SMILES string of the molecule is O=CCC#Cc1ccc(O)c(CO)c1. The maximum atomic E-state index is 9.99. The van der Waals surface area contributed by atoms with Gasteiger partial charge < -0.3 is 15.0 Å². The molecule has 0 saturated carbocycles. The highest BCUT2D eigenvalue weighted by Gasteiger charge is 1.99. The number of rotatable bonds is 2. The minimum Gasteiger partial charge on any atom is -0.508 e. The Labute approximate surface area is 82.0 Å². The van der Waals surface area contributed by atoms with Crippen LogP contribution in [0.15, 0.2) is 18.2 Å². The van der Waals surface area contributed by atoms with Crippen molar-refractivity contribution >= 4 is 6.29 Å². The number of benzene rings is 1. The van der Waals surface area contributed by atoms with Gasteiger partial charge in [0.15, 0.2) is 0 Å². The molecule has 72 valence electrons. The molecule has 0 aliphatic rings. The Morgan fingerprint density at radius 3 is 2.86 bits per heavy atom. The van der Waals surface area contributed by atoms with E-state index < -0.39 is 0 Å². The molecule has 2 N–H and O–H groups in total. The minimum absolute atomic E-state index is 0.0495. The third-order valence-corrected chi connectivity index (χ3v) is 1.67. The van der Waals surface area contributed by atoms with Gasteiger partial charge in [-0.1, -0.05) is 11.8 Å². The van der Waals surface area contributed by atoms with Crippen LogP contribution in [0.25, 0.3) is 0 Å². The molecule has 1 aromatic carbocycles. The van der Waals surface area contributed by atoms with Gasteiger partial charge in [-0.3, -0.25) is 0 Å². The van der Waals surface area contributed by atoms with E-state index in [9.17, 15) is 9.90 Å². The van der Waals surface area contributed by atoms with Gasteiger partial charge in [-0.05, 0) is 18.2 Å². The average Bonchev–Trinajstić information content (AvgIpc) is 2.21. The lowest BCUT2D eigenvalue weighted by Crippen LogP contribution is -1.85. The molecule has 0 spiro atoms. The highest BCUT2D eigenvalue weighted by atomic mass is 16.3. The zero-order valence-electron chi connectivity index (χ0n) is 7.53. The number of aliphatic hydroxyl groups excluding tert-OH is 1. The number of aromatic hydroxyl groups is 1. The molecule has 0 aliphatic carbocycles. The van der Waals surface area contributed by atoms with Crippen molar-refractivity contribution in [1.29, 1.82) is 0 Å². The molecule has 0 atom stereocenters. The van der Waals surface area contributed by atoms with Crippen LogP contribution < -0.4 is 0 Å². The Hall–Kier alpha value is -1.79. The van der Waals surface area contributed by atoms with E-state index in [2.05, 4.69) is 11.8 Å². The van der Waals surface area contributed by atoms with Gasteiger partial charge in [0.05, 0.1) is 13.0 Å². The number of phenols is 1. The normalized spacial score (nSPS) is 8.93. The summed E-state index contributed by atoms with van der Waals surface area (Å²) in [6.45, 7) is -0.227. The van der Waals surface area contributed by atoms with E-state index in [-0.39, 0.29) is 18.8 Å². The van der Waals surface area contributed by atoms with Crippen LogP contribution in [-0.2, 0) is 11.4 Å². The lowest BCUT2D eigenvalue weighted by atomic mass is 10.1. The van der Waals surface area contributed by atoms with Gasteiger partial charge in [-0.2, -0.15) is 0 Å². The van der Waals surface area contributed by atoms with Gasteiger partial charge in [-0.15, -0.1) is 0 Å². The van der Waals surface area contributed by atoms with Gasteiger partial charge >= 0.3 is 0 Å². The monoisotopic (exact) mass is 190 g/mol. The third-order valence-electron chi connectivity index (χ3n) is 1.67. The third kappa shape index (κ3) is 2.61. The van der Waals surface area contributed by atoms with Crippen molar-refractivity contribution in [3.05, 3.63) is 29.3 Å². The Morgan fingerprint density at radius 1 is 1.43 bits per heavy atom. The second kappa shape index (κ2) is 5.05. The molecule has 0 aromatic heterocycles. The topological polar surface area (TPSA) is 57.5 Å².